The van der Waals surface area contributed by atoms with Crippen molar-refractivity contribution in [1.29, 1.82) is 0 Å². The SMILES string of the molecule is CCCCS(=O)(=O)NCC(C)(C)c1c[nH]c2ccc(F)cc12. The molecular formula is C16H23FN2O2S. The van der Waals surface area contributed by atoms with Gasteiger partial charge in [0.25, 0.3) is 0 Å². The average Bonchev–Trinajstić information content (AvgIpc) is 2.87. The Morgan fingerprint density at radius 3 is 2.73 bits per heavy atom. The van der Waals surface area contributed by atoms with Gasteiger partial charge in [0.15, 0.2) is 0 Å². The molecule has 6 heteroatoms. The van der Waals surface area contributed by atoms with Crippen LogP contribution in [-0.4, -0.2) is 25.7 Å². The zero-order valence-corrected chi connectivity index (χ0v) is 14.1. The third-order valence-corrected chi connectivity index (χ3v) is 5.28. The van der Waals surface area contributed by atoms with Crippen LogP contribution in [0.4, 0.5) is 4.39 Å². The Bertz CT molecular complexity index is 751. The van der Waals surface area contributed by atoms with Gasteiger partial charge in [0, 0.05) is 29.1 Å². The molecule has 22 heavy (non-hydrogen) atoms. The summed E-state index contributed by atoms with van der Waals surface area (Å²) in [6, 6.07) is 4.58. The lowest BCUT2D eigenvalue weighted by Crippen LogP contribution is -2.37. The van der Waals surface area contributed by atoms with Crippen molar-refractivity contribution in [1.82, 2.24) is 9.71 Å². The third kappa shape index (κ3) is 3.87. The molecule has 0 bridgehead atoms. The number of hydrogen-bond donors (Lipinski definition) is 2. The van der Waals surface area contributed by atoms with Crippen LogP contribution in [0.25, 0.3) is 10.9 Å². The van der Waals surface area contributed by atoms with Crippen LogP contribution in [0.3, 0.4) is 0 Å². The molecule has 122 valence electrons. The number of halogens is 1. The molecule has 1 heterocycles. The fourth-order valence-corrected chi connectivity index (χ4v) is 3.84. The Morgan fingerprint density at radius 1 is 1.32 bits per heavy atom. The summed E-state index contributed by atoms with van der Waals surface area (Å²) in [6.07, 6.45) is 3.31. The lowest BCUT2D eigenvalue weighted by Gasteiger charge is -2.25. The predicted octanol–water partition coefficient (Wildman–Crippen LogP) is 3.30. The molecule has 0 aliphatic heterocycles. The number of sulfonamides is 1. The number of unbranched alkanes of at least 4 members (excludes halogenated alkanes) is 1. The molecule has 2 N–H and O–H groups in total. The average molecular weight is 326 g/mol. The van der Waals surface area contributed by atoms with Gasteiger partial charge in [0.2, 0.25) is 10.0 Å². The van der Waals surface area contributed by atoms with Gasteiger partial charge in [0.05, 0.1) is 5.75 Å². The van der Waals surface area contributed by atoms with Crippen molar-refractivity contribution >= 4 is 20.9 Å². The molecule has 1 aromatic heterocycles. The Kier molecular flexibility index (Phi) is 4.92. The van der Waals surface area contributed by atoms with Crippen LogP contribution in [-0.2, 0) is 15.4 Å². The van der Waals surface area contributed by atoms with E-state index in [2.05, 4.69) is 9.71 Å². The molecule has 0 saturated carbocycles. The summed E-state index contributed by atoms with van der Waals surface area (Å²) in [5, 5.41) is 0.790. The number of benzene rings is 1. The summed E-state index contributed by atoms with van der Waals surface area (Å²) in [5.41, 5.74) is 1.31. The van der Waals surface area contributed by atoms with Crippen LogP contribution < -0.4 is 4.72 Å². The van der Waals surface area contributed by atoms with Crippen molar-refractivity contribution in [3.63, 3.8) is 0 Å². The number of fused-ring (bicyclic) bond motifs is 1. The minimum atomic E-state index is -3.26. The van der Waals surface area contributed by atoms with Crippen LogP contribution in [0.15, 0.2) is 24.4 Å². The van der Waals surface area contributed by atoms with Crippen LogP contribution >= 0.6 is 0 Å². The molecule has 1 aromatic carbocycles. The minimum Gasteiger partial charge on any atom is -0.361 e. The van der Waals surface area contributed by atoms with Crippen molar-refractivity contribution in [2.45, 2.75) is 39.0 Å². The Balaban J connectivity index is 2.20. The highest BCUT2D eigenvalue weighted by atomic mass is 32.2. The normalized spacial score (nSPS) is 12.9. The van der Waals surface area contributed by atoms with Gasteiger partial charge in [0.1, 0.15) is 5.82 Å². The highest BCUT2D eigenvalue weighted by Crippen LogP contribution is 2.30. The van der Waals surface area contributed by atoms with Crippen molar-refractivity contribution in [2.75, 3.05) is 12.3 Å². The van der Waals surface area contributed by atoms with Crippen LogP contribution in [0, 0.1) is 5.82 Å². The van der Waals surface area contributed by atoms with E-state index in [1.165, 1.54) is 12.1 Å². The van der Waals surface area contributed by atoms with E-state index in [0.717, 1.165) is 22.9 Å². The molecule has 0 radical (unpaired) electrons. The molecular weight excluding hydrogens is 303 g/mol. The first-order chi connectivity index (χ1) is 10.2. The maximum absolute atomic E-state index is 13.5. The van der Waals surface area contributed by atoms with Crippen molar-refractivity contribution in [2.24, 2.45) is 0 Å². The number of aromatic nitrogens is 1. The summed E-state index contributed by atoms with van der Waals surface area (Å²) in [7, 11) is -3.26. The van der Waals surface area contributed by atoms with Crippen LogP contribution in [0.1, 0.15) is 39.2 Å². The second kappa shape index (κ2) is 6.38. The first kappa shape index (κ1) is 17.0. The molecule has 0 aliphatic carbocycles. The molecule has 0 unspecified atom stereocenters. The fourth-order valence-electron chi connectivity index (χ4n) is 2.44. The van der Waals surface area contributed by atoms with Gasteiger partial charge >= 0.3 is 0 Å². The zero-order chi connectivity index (χ0) is 16.4. The van der Waals surface area contributed by atoms with E-state index in [1.54, 1.807) is 6.07 Å². The molecule has 0 atom stereocenters. The monoisotopic (exact) mass is 326 g/mol. The molecule has 0 saturated heterocycles. The highest BCUT2D eigenvalue weighted by molar-refractivity contribution is 7.89. The summed E-state index contributed by atoms with van der Waals surface area (Å²) in [6.45, 7) is 6.13. The number of rotatable bonds is 7. The largest absolute Gasteiger partial charge is 0.361 e. The van der Waals surface area contributed by atoms with Gasteiger partial charge in [-0.15, -0.1) is 0 Å². The second-order valence-corrected chi connectivity index (χ2v) is 8.20. The molecule has 4 nitrogen and oxygen atoms in total. The van der Waals surface area contributed by atoms with Gasteiger partial charge in [-0.25, -0.2) is 17.5 Å². The molecule has 2 rings (SSSR count). The highest BCUT2D eigenvalue weighted by Gasteiger charge is 2.26. The van der Waals surface area contributed by atoms with E-state index in [9.17, 15) is 12.8 Å². The first-order valence-corrected chi connectivity index (χ1v) is 9.15. The summed E-state index contributed by atoms with van der Waals surface area (Å²) in [5.74, 6) is -0.157. The fraction of sp³-hybridized carbons (Fsp3) is 0.500. The quantitative estimate of drug-likeness (QED) is 0.820. The van der Waals surface area contributed by atoms with Crippen molar-refractivity contribution in [3.05, 3.63) is 35.8 Å². The lowest BCUT2D eigenvalue weighted by atomic mass is 9.85. The maximum Gasteiger partial charge on any atom is 0.211 e. The van der Waals surface area contributed by atoms with E-state index >= 15 is 0 Å². The molecule has 0 amide bonds. The molecule has 0 fully saturated rings. The van der Waals surface area contributed by atoms with Gasteiger partial charge in [-0.3, -0.25) is 0 Å². The van der Waals surface area contributed by atoms with Gasteiger partial charge in [-0.2, -0.15) is 0 Å². The topological polar surface area (TPSA) is 62.0 Å². The Morgan fingerprint density at radius 2 is 2.05 bits per heavy atom. The third-order valence-electron chi connectivity index (χ3n) is 3.87. The number of H-pyrrole nitrogens is 1. The molecule has 0 spiro atoms. The van der Waals surface area contributed by atoms with Gasteiger partial charge in [-0.1, -0.05) is 27.2 Å². The standard InChI is InChI=1S/C16H23FN2O2S/c1-4-5-8-22(20,21)19-11-16(2,3)14-10-18-15-7-6-12(17)9-13(14)15/h6-7,9-10,18-19H,4-5,8,11H2,1-3H3. The van der Waals surface area contributed by atoms with Crippen molar-refractivity contribution < 1.29 is 12.8 Å². The van der Waals surface area contributed by atoms with Crippen LogP contribution in [0.5, 0.6) is 0 Å². The van der Waals surface area contributed by atoms with E-state index in [0.29, 0.717) is 6.42 Å². The smallest absolute Gasteiger partial charge is 0.211 e. The minimum absolute atomic E-state index is 0.141. The zero-order valence-electron chi connectivity index (χ0n) is 13.2. The van der Waals surface area contributed by atoms with Gasteiger partial charge < -0.3 is 4.98 Å². The summed E-state index contributed by atoms with van der Waals surface area (Å²) >= 11 is 0. The van der Waals surface area contributed by atoms with E-state index < -0.39 is 15.4 Å². The number of aromatic amines is 1. The lowest BCUT2D eigenvalue weighted by molar-refractivity contribution is 0.503. The number of nitrogens with one attached hydrogen (secondary N) is 2. The Hall–Kier alpha value is -1.40. The van der Waals surface area contributed by atoms with Gasteiger partial charge in [-0.05, 0) is 30.2 Å². The van der Waals surface area contributed by atoms with Crippen LogP contribution in [0.2, 0.25) is 0 Å². The molecule has 0 aliphatic rings. The van der Waals surface area contributed by atoms with E-state index in [-0.39, 0.29) is 18.1 Å². The first-order valence-electron chi connectivity index (χ1n) is 7.49. The Labute approximate surface area is 131 Å². The second-order valence-electron chi connectivity index (χ2n) is 6.27. The summed E-state index contributed by atoms with van der Waals surface area (Å²) < 4.78 is 40.0. The van der Waals surface area contributed by atoms with E-state index in [4.69, 9.17) is 0 Å². The number of hydrogen-bond acceptors (Lipinski definition) is 2. The maximum atomic E-state index is 13.5. The van der Waals surface area contributed by atoms with E-state index in [1.807, 2.05) is 27.0 Å². The van der Waals surface area contributed by atoms with Crippen molar-refractivity contribution in [3.8, 4) is 0 Å². The summed E-state index contributed by atoms with van der Waals surface area (Å²) in [4.78, 5) is 3.11. The predicted molar refractivity (Wildman–Crippen MR) is 88.0 cm³/mol. The molecule has 2 aromatic rings.